The number of hydrogen-bond acceptors (Lipinski definition) is 4. The summed E-state index contributed by atoms with van der Waals surface area (Å²) in [5.74, 6) is 0. The molecule has 0 saturated heterocycles. The molecule has 12 heavy (non-hydrogen) atoms. The average Bonchev–Trinajstić information content (AvgIpc) is 2.10. The van der Waals surface area contributed by atoms with Crippen LogP contribution in [0.2, 0.25) is 5.02 Å². The maximum Gasteiger partial charge on any atom is 0.0966 e. The molecule has 0 amide bonds. The zero-order valence-corrected chi connectivity index (χ0v) is 6.60. The molecule has 1 rings (SSSR count). The van der Waals surface area contributed by atoms with E-state index in [0.717, 1.165) is 0 Å². The molecule has 0 unspecified atom stereocenters. The molecule has 0 aromatic heterocycles. The fourth-order valence-corrected chi connectivity index (χ4v) is 0.804. The number of nitroso groups, excluding NO2 is 1. The van der Waals surface area contributed by atoms with Crippen molar-refractivity contribution in [2.24, 2.45) is 5.29 Å². The predicted octanol–water partition coefficient (Wildman–Crippen LogP) is 2.23. The van der Waals surface area contributed by atoms with Gasteiger partial charge in [0.15, 0.2) is 0 Å². The molecule has 1 aromatic rings. The first-order valence-electron chi connectivity index (χ1n) is 2.98. The van der Waals surface area contributed by atoms with E-state index in [9.17, 15) is 4.91 Å². The van der Waals surface area contributed by atoms with Crippen LogP contribution in [-0.2, 0) is 4.99 Å². The van der Waals surface area contributed by atoms with Crippen LogP contribution < -0.4 is 5.17 Å². The number of nitrogens with zero attached hydrogens (tertiary/aromatic N) is 2. The maximum absolute atomic E-state index is 9.98. The Morgan fingerprint density at radius 3 is 2.42 bits per heavy atom. The molecular formula is C6H5ClN2O3. The smallest absolute Gasteiger partial charge is 0.0966 e. The first kappa shape index (κ1) is 8.92. The first-order chi connectivity index (χ1) is 5.77. The molecule has 0 spiro atoms. The molecule has 0 fully saturated rings. The zero-order chi connectivity index (χ0) is 8.97. The molecule has 0 aliphatic rings. The molecule has 0 bridgehead atoms. The van der Waals surface area contributed by atoms with Gasteiger partial charge in [0.25, 0.3) is 0 Å². The lowest BCUT2D eigenvalue weighted by atomic mass is 10.3. The van der Waals surface area contributed by atoms with Gasteiger partial charge in [-0.1, -0.05) is 21.8 Å². The highest BCUT2D eigenvalue weighted by Crippen LogP contribution is 2.17. The largest absolute Gasteiger partial charge is 0.226 e. The Labute approximate surface area is 73.0 Å². The summed E-state index contributed by atoms with van der Waals surface area (Å²) in [7, 11) is 0. The second-order valence-electron chi connectivity index (χ2n) is 1.91. The molecule has 0 radical (unpaired) electrons. The van der Waals surface area contributed by atoms with Crippen molar-refractivity contribution in [3.63, 3.8) is 0 Å². The monoisotopic (exact) mass is 188 g/mol. The van der Waals surface area contributed by atoms with Crippen LogP contribution in [0.4, 0.5) is 5.69 Å². The molecule has 0 aliphatic carbocycles. The number of halogens is 1. The normalized spacial score (nSPS) is 9.50. The Kier molecular flexibility index (Phi) is 2.98. The minimum atomic E-state index is 0.289. The average molecular weight is 189 g/mol. The summed E-state index contributed by atoms with van der Waals surface area (Å²) in [6.07, 6.45) is 0. The predicted molar refractivity (Wildman–Crippen MR) is 43.4 cm³/mol. The van der Waals surface area contributed by atoms with E-state index < -0.39 is 0 Å². The Morgan fingerprint density at radius 1 is 1.42 bits per heavy atom. The van der Waals surface area contributed by atoms with Gasteiger partial charge in [0.05, 0.1) is 11.0 Å². The maximum atomic E-state index is 9.98. The summed E-state index contributed by atoms with van der Waals surface area (Å²) < 4.78 is 0. The highest BCUT2D eigenvalue weighted by atomic mass is 35.5. The second-order valence-corrected chi connectivity index (χ2v) is 2.35. The van der Waals surface area contributed by atoms with Crippen LogP contribution in [-0.4, -0.2) is 5.26 Å². The number of hydrogen-bond donors (Lipinski definition) is 1. The molecule has 0 heterocycles. The molecule has 1 N–H and O–H groups in total. The fraction of sp³-hybridized carbons (Fsp3) is 0. The van der Waals surface area contributed by atoms with Crippen molar-refractivity contribution >= 4 is 17.3 Å². The van der Waals surface area contributed by atoms with Gasteiger partial charge in [-0.25, -0.2) is 5.26 Å². The number of anilines is 1. The van der Waals surface area contributed by atoms with E-state index >= 15 is 0 Å². The Morgan fingerprint density at radius 2 is 2.00 bits per heavy atom. The van der Waals surface area contributed by atoms with Crippen molar-refractivity contribution in [3.8, 4) is 0 Å². The van der Waals surface area contributed by atoms with E-state index in [1.54, 1.807) is 0 Å². The summed E-state index contributed by atoms with van der Waals surface area (Å²) in [5.41, 5.74) is 0.289. The summed E-state index contributed by atoms with van der Waals surface area (Å²) in [5, 5.41) is 11.5. The van der Waals surface area contributed by atoms with Crippen molar-refractivity contribution in [1.82, 2.24) is 0 Å². The minimum Gasteiger partial charge on any atom is -0.226 e. The molecule has 64 valence electrons. The van der Waals surface area contributed by atoms with E-state index in [1.165, 1.54) is 24.3 Å². The third kappa shape index (κ3) is 1.91. The highest BCUT2D eigenvalue weighted by molar-refractivity contribution is 6.30. The van der Waals surface area contributed by atoms with Gasteiger partial charge < -0.3 is 0 Å². The van der Waals surface area contributed by atoms with E-state index in [4.69, 9.17) is 16.9 Å². The van der Waals surface area contributed by atoms with E-state index in [1.807, 2.05) is 0 Å². The van der Waals surface area contributed by atoms with Gasteiger partial charge in [-0.05, 0) is 24.3 Å². The van der Waals surface area contributed by atoms with Crippen molar-refractivity contribution in [3.05, 3.63) is 34.2 Å². The van der Waals surface area contributed by atoms with Gasteiger partial charge in [0.2, 0.25) is 0 Å². The lowest BCUT2D eigenvalue weighted by molar-refractivity contribution is -0.254. The lowest BCUT2D eigenvalue weighted by Crippen LogP contribution is -2.12. The van der Waals surface area contributed by atoms with Gasteiger partial charge in [-0.2, -0.15) is 0 Å². The third-order valence-corrected chi connectivity index (χ3v) is 1.45. The van der Waals surface area contributed by atoms with E-state index in [-0.39, 0.29) is 5.69 Å². The van der Waals surface area contributed by atoms with Gasteiger partial charge in [-0.15, -0.1) is 4.91 Å². The Balaban J connectivity index is 2.87. The Bertz CT molecular complexity index is 264. The lowest BCUT2D eigenvalue weighted by Gasteiger charge is -2.07. The van der Waals surface area contributed by atoms with Crippen molar-refractivity contribution in [2.75, 3.05) is 5.17 Å². The van der Waals surface area contributed by atoms with E-state index in [0.29, 0.717) is 10.2 Å². The molecule has 0 atom stereocenters. The van der Waals surface area contributed by atoms with Gasteiger partial charge in [0.1, 0.15) is 0 Å². The van der Waals surface area contributed by atoms with Crippen molar-refractivity contribution in [1.29, 1.82) is 0 Å². The topological polar surface area (TPSA) is 62.1 Å². The van der Waals surface area contributed by atoms with Crippen LogP contribution in [0.5, 0.6) is 0 Å². The van der Waals surface area contributed by atoms with Crippen LogP contribution in [0.1, 0.15) is 0 Å². The standard InChI is InChI=1S/C6H5ClN2O3/c7-5-1-3-6(4-2-5)9(8-10)12-11/h1-4,11H. The molecule has 0 aliphatic heterocycles. The molecular weight excluding hydrogens is 184 g/mol. The summed E-state index contributed by atoms with van der Waals surface area (Å²) in [4.78, 5) is 13.6. The highest BCUT2D eigenvalue weighted by Gasteiger charge is 2.05. The van der Waals surface area contributed by atoms with E-state index in [2.05, 4.69) is 10.3 Å². The van der Waals surface area contributed by atoms with Crippen LogP contribution in [0.25, 0.3) is 0 Å². The van der Waals surface area contributed by atoms with Crippen molar-refractivity contribution in [2.45, 2.75) is 0 Å². The summed E-state index contributed by atoms with van der Waals surface area (Å²) >= 11 is 5.57. The first-order valence-corrected chi connectivity index (χ1v) is 3.36. The van der Waals surface area contributed by atoms with Gasteiger partial charge in [-0.3, -0.25) is 0 Å². The van der Waals surface area contributed by atoms with Crippen LogP contribution in [0.3, 0.4) is 0 Å². The van der Waals surface area contributed by atoms with Crippen LogP contribution in [0, 0.1) is 4.91 Å². The second kappa shape index (κ2) is 4.01. The summed E-state index contributed by atoms with van der Waals surface area (Å²) in [6, 6.07) is 6.02. The van der Waals surface area contributed by atoms with Crippen LogP contribution in [0.15, 0.2) is 29.6 Å². The van der Waals surface area contributed by atoms with Crippen molar-refractivity contribution < 1.29 is 10.2 Å². The fourth-order valence-electron chi connectivity index (χ4n) is 0.678. The minimum absolute atomic E-state index is 0.289. The number of rotatable bonds is 3. The quantitative estimate of drug-likeness (QED) is 0.449. The zero-order valence-electron chi connectivity index (χ0n) is 5.85. The summed E-state index contributed by atoms with van der Waals surface area (Å²) in [6.45, 7) is 0. The molecule has 5 nitrogen and oxygen atoms in total. The molecule has 0 saturated carbocycles. The SMILES string of the molecule is O=NN(OO)c1ccc(Cl)cc1. The molecule has 6 heteroatoms. The van der Waals surface area contributed by atoms with Gasteiger partial charge >= 0.3 is 0 Å². The van der Waals surface area contributed by atoms with Gasteiger partial charge in [0, 0.05) is 5.02 Å². The van der Waals surface area contributed by atoms with Crippen LogP contribution >= 0.6 is 11.6 Å². The Hall–Kier alpha value is -1.17. The number of benzene rings is 1. The molecule has 1 aromatic carbocycles. The third-order valence-electron chi connectivity index (χ3n) is 1.20.